The molecule has 4 rings (SSSR count). The van der Waals surface area contributed by atoms with E-state index >= 15 is 0 Å². The van der Waals surface area contributed by atoms with Crippen molar-refractivity contribution in [2.45, 2.75) is 19.3 Å². The van der Waals surface area contributed by atoms with Gasteiger partial charge in [-0.1, -0.05) is 41.9 Å². The molecule has 34 heavy (non-hydrogen) atoms. The number of rotatable bonds is 8. The quantitative estimate of drug-likeness (QED) is 0.382. The second-order valence-corrected chi connectivity index (χ2v) is 8.33. The molecule has 1 aliphatic heterocycles. The van der Waals surface area contributed by atoms with Crippen LogP contribution in [0, 0.1) is 0 Å². The first-order valence-electron chi connectivity index (χ1n) is 11.1. The van der Waals surface area contributed by atoms with Crippen molar-refractivity contribution in [2.24, 2.45) is 5.73 Å². The third-order valence-corrected chi connectivity index (χ3v) is 5.79. The fourth-order valence-corrected chi connectivity index (χ4v) is 3.83. The summed E-state index contributed by atoms with van der Waals surface area (Å²) in [6.07, 6.45) is 4.14. The van der Waals surface area contributed by atoms with Crippen LogP contribution in [0.2, 0.25) is 5.02 Å². The van der Waals surface area contributed by atoms with Crippen molar-refractivity contribution in [1.29, 1.82) is 0 Å². The largest absolute Gasteiger partial charge is 0.369 e. The van der Waals surface area contributed by atoms with Crippen LogP contribution in [-0.4, -0.2) is 46.4 Å². The number of hydrogen-bond donors (Lipinski definition) is 4. The summed E-state index contributed by atoms with van der Waals surface area (Å²) in [6.45, 7) is 2.04. The maximum absolute atomic E-state index is 12.4. The third kappa shape index (κ3) is 5.93. The van der Waals surface area contributed by atoms with E-state index in [2.05, 4.69) is 25.9 Å². The monoisotopic (exact) mass is 479 g/mol. The lowest BCUT2D eigenvalue weighted by Crippen LogP contribution is -2.32. The number of anilines is 4. The van der Waals surface area contributed by atoms with Crippen molar-refractivity contribution >= 4 is 46.7 Å². The molecule has 0 spiro atoms. The SMILES string of the molecule is NC(=O)c1cnc(Nc2ccc(Cl)c(NC(=O)N3CCCC3)c2)nc1NCCc1ccccc1. The number of hydrogen-bond acceptors (Lipinski definition) is 6. The molecule has 0 atom stereocenters. The molecule has 9 nitrogen and oxygen atoms in total. The molecule has 176 valence electrons. The van der Waals surface area contributed by atoms with Crippen LogP contribution in [-0.2, 0) is 6.42 Å². The van der Waals surface area contributed by atoms with Crippen LogP contribution in [0.3, 0.4) is 0 Å². The molecule has 1 saturated heterocycles. The van der Waals surface area contributed by atoms with Gasteiger partial charge in [0.25, 0.3) is 5.91 Å². The van der Waals surface area contributed by atoms with E-state index in [4.69, 9.17) is 17.3 Å². The van der Waals surface area contributed by atoms with Crippen molar-refractivity contribution in [3.63, 3.8) is 0 Å². The molecule has 0 radical (unpaired) electrons. The lowest BCUT2D eigenvalue weighted by molar-refractivity contribution is 0.100. The second-order valence-electron chi connectivity index (χ2n) is 7.93. The molecule has 0 unspecified atom stereocenters. The summed E-state index contributed by atoms with van der Waals surface area (Å²) in [5.41, 5.74) is 7.97. The predicted molar refractivity (Wildman–Crippen MR) is 134 cm³/mol. The topological polar surface area (TPSA) is 125 Å². The zero-order valence-electron chi connectivity index (χ0n) is 18.6. The van der Waals surface area contributed by atoms with Crippen LogP contribution in [0.4, 0.5) is 27.9 Å². The van der Waals surface area contributed by atoms with Crippen LogP contribution in [0.1, 0.15) is 28.8 Å². The van der Waals surface area contributed by atoms with Crippen molar-refractivity contribution in [3.8, 4) is 0 Å². The Morgan fingerprint density at radius 2 is 1.85 bits per heavy atom. The molecule has 5 N–H and O–H groups in total. The van der Waals surface area contributed by atoms with Crippen LogP contribution < -0.4 is 21.7 Å². The number of urea groups is 1. The van der Waals surface area contributed by atoms with E-state index in [1.807, 2.05) is 30.3 Å². The third-order valence-electron chi connectivity index (χ3n) is 5.46. The maximum atomic E-state index is 12.4. The highest BCUT2D eigenvalue weighted by molar-refractivity contribution is 6.33. The van der Waals surface area contributed by atoms with Gasteiger partial charge in [0.05, 0.1) is 16.3 Å². The Hall–Kier alpha value is -3.85. The Balaban J connectivity index is 1.46. The molecule has 0 saturated carbocycles. The normalized spacial score (nSPS) is 12.9. The Morgan fingerprint density at radius 3 is 2.59 bits per heavy atom. The van der Waals surface area contributed by atoms with Gasteiger partial charge in [-0.2, -0.15) is 4.98 Å². The lowest BCUT2D eigenvalue weighted by Gasteiger charge is -2.17. The molecule has 3 aromatic rings. The van der Waals surface area contributed by atoms with Crippen LogP contribution in [0.5, 0.6) is 0 Å². The number of nitrogens with two attached hydrogens (primary N) is 1. The summed E-state index contributed by atoms with van der Waals surface area (Å²) in [4.78, 5) is 34.7. The van der Waals surface area contributed by atoms with Crippen molar-refractivity contribution in [1.82, 2.24) is 14.9 Å². The van der Waals surface area contributed by atoms with E-state index in [0.29, 0.717) is 28.8 Å². The zero-order chi connectivity index (χ0) is 23.9. The Morgan fingerprint density at radius 1 is 1.09 bits per heavy atom. The van der Waals surface area contributed by atoms with E-state index in [1.54, 1.807) is 23.1 Å². The molecule has 2 heterocycles. The number of nitrogens with zero attached hydrogens (tertiary/aromatic N) is 3. The summed E-state index contributed by atoms with van der Waals surface area (Å²) in [6, 6.07) is 14.9. The number of carbonyl (C=O) groups is 2. The molecule has 1 fully saturated rings. The summed E-state index contributed by atoms with van der Waals surface area (Å²) >= 11 is 6.28. The average molecular weight is 480 g/mol. The standard InChI is InChI=1S/C24H26ClN7O2/c25-19-9-8-17(14-20(19)30-24(34)32-12-4-5-13-32)29-23-28-15-18(21(26)33)22(31-23)27-11-10-16-6-2-1-3-7-16/h1-3,6-9,14-15H,4-5,10-13H2,(H2,26,33)(H,30,34)(H2,27,28,29,31). The highest BCUT2D eigenvalue weighted by Gasteiger charge is 2.19. The number of likely N-dealkylation sites (tertiary alicyclic amines) is 1. The summed E-state index contributed by atoms with van der Waals surface area (Å²) in [5.74, 6) is -0.00373. The number of amides is 3. The van der Waals surface area contributed by atoms with E-state index in [-0.39, 0.29) is 17.5 Å². The highest BCUT2D eigenvalue weighted by Crippen LogP contribution is 2.28. The minimum absolute atomic E-state index is 0.177. The number of benzene rings is 2. The van der Waals surface area contributed by atoms with Crippen LogP contribution in [0.15, 0.2) is 54.7 Å². The highest BCUT2D eigenvalue weighted by atomic mass is 35.5. The van der Waals surface area contributed by atoms with Gasteiger partial charge in [0.15, 0.2) is 0 Å². The predicted octanol–water partition coefficient (Wildman–Crippen LogP) is 4.25. The molecule has 3 amide bonds. The van der Waals surface area contributed by atoms with E-state index in [9.17, 15) is 9.59 Å². The van der Waals surface area contributed by atoms with Gasteiger partial charge < -0.3 is 26.6 Å². The van der Waals surface area contributed by atoms with Gasteiger partial charge in [-0.05, 0) is 43.0 Å². The minimum atomic E-state index is -0.618. The van der Waals surface area contributed by atoms with Gasteiger partial charge in [0.1, 0.15) is 5.82 Å². The van der Waals surface area contributed by atoms with E-state index in [0.717, 1.165) is 37.9 Å². The smallest absolute Gasteiger partial charge is 0.321 e. The molecule has 1 aromatic heterocycles. The van der Waals surface area contributed by atoms with Gasteiger partial charge in [-0.25, -0.2) is 9.78 Å². The zero-order valence-corrected chi connectivity index (χ0v) is 19.3. The molecule has 0 aliphatic carbocycles. The van der Waals surface area contributed by atoms with Crippen LogP contribution >= 0.6 is 11.6 Å². The second kappa shape index (κ2) is 10.8. The first-order valence-corrected chi connectivity index (χ1v) is 11.4. The van der Waals surface area contributed by atoms with Gasteiger partial charge in [-0.3, -0.25) is 4.79 Å². The van der Waals surface area contributed by atoms with Crippen molar-refractivity contribution in [3.05, 3.63) is 70.9 Å². The van der Waals surface area contributed by atoms with Gasteiger partial charge in [-0.15, -0.1) is 0 Å². The minimum Gasteiger partial charge on any atom is -0.369 e. The molecule has 10 heteroatoms. The summed E-state index contributed by atoms with van der Waals surface area (Å²) < 4.78 is 0. The first kappa shape index (κ1) is 23.3. The maximum Gasteiger partial charge on any atom is 0.321 e. The Labute approximate surface area is 202 Å². The van der Waals surface area contributed by atoms with Crippen LogP contribution in [0.25, 0.3) is 0 Å². The Bertz CT molecular complexity index is 1170. The van der Waals surface area contributed by atoms with E-state index < -0.39 is 5.91 Å². The van der Waals surface area contributed by atoms with Gasteiger partial charge >= 0.3 is 6.03 Å². The molecular formula is C24H26ClN7O2. The van der Waals surface area contributed by atoms with Crippen molar-refractivity contribution < 1.29 is 9.59 Å². The molecule has 1 aliphatic rings. The van der Waals surface area contributed by atoms with Gasteiger partial charge in [0.2, 0.25) is 5.95 Å². The number of aromatic nitrogens is 2. The number of primary amides is 1. The number of nitrogens with one attached hydrogen (secondary N) is 3. The molecule has 2 aromatic carbocycles. The molecule has 0 bridgehead atoms. The number of carbonyl (C=O) groups excluding carboxylic acids is 2. The average Bonchev–Trinajstić information content (AvgIpc) is 3.37. The summed E-state index contributed by atoms with van der Waals surface area (Å²) in [5, 5.41) is 9.54. The fraction of sp³-hybridized carbons (Fsp3) is 0.250. The van der Waals surface area contributed by atoms with Gasteiger partial charge in [0, 0.05) is 31.5 Å². The summed E-state index contributed by atoms with van der Waals surface area (Å²) in [7, 11) is 0. The number of halogens is 1. The Kier molecular flexibility index (Phi) is 7.44. The lowest BCUT2D eigenvalue weighted by atomic mass is 10.1. The molecular weight excluding hydrogens is 454 g/mol. The van der Waals surface area contributed by atoms with E-state index in [1.165, 1.54) is 6.20 Å². The first-order chi connectivity index (χ1) is 16.5. The fourth-order valence-electron chi connectivity index (χ4n) is 3.67. The van der Waals surface area contributed by atoms with Crippen molar-refractivity contribution in [2.75, 3.05) is 35.6 Å².